The van der Waals surface area contributed by atoms with E-state index in [0.717, 1.165) is 0 Å². The van der Waals surface area contributed by atoms with Crippen LogP contribution in [-0.4, -0.2) is 8.42 Å². The van der Waals surface area contributed by atoms with Crippen molar-refractivity contribution in [1.29, 1.82) is 0 Å². The molecule has 0 fully saturated rings. The molecule has 0 amide bonds. The van der Waals surface area contributed by atoms with E-state index in [2.05, 4.69) is 0 Å². The number of benzene rings is 1. The monoisotopic (exact) mass is 231 g/mol. The molecule has 0 radical (unpaired) electrons. The van der Waals surface area contributed by atoms with Crippen LogP contribution in [0.15, 0.2) is 23.1 Å². The number of nitrogens with two attached hydrogens (primary N) is 1. The molecule has 0 bridgehead atoms. The first-order valence-corrected chi connectivity index (χ1v) is 6.00. The van der Waals surface area contributed by atoms with E-state index < -0.39 is 26.2 Å². The summed E-state index contributed by atoms with van der Waals surface area (Å²) >= 11 is 0. The van der Waals surface area contributed by atoms with Crippen molar-refractivity contribution in [1.82, 2.24) is 0 Å². The van der Waals surface area contributed by atoms with E-state index in [1.165, 1.54) is 12.1 Å². The number of rotatable bonds is 1. The standard InChI is InChI=1S/C10H14FNO2S/c1-10(2,3)7-5-4-6-8(9(7)11)15(12,13)14/h4-6H,1-3H3,(H2,12,13,14). The molecular formula is C10H14FNO2S. The molecule has 1 aromatic rings. The lowest BCUT2D eigenvalue weighted by molar-refractivity contribution is 0.503. The van der Waals surface area contributed by atoms with Crippen LogP contribution in [0, 0.1) is 5.82 Å². The van der Waals surface area contributed by atoms with Crippen LogP contribution in [0.3, 0.4) is 0 Å². The molecule has 0 atom stereocenters. The van der Waals surface area contributed by atoms with Crippen molar-refractivity contribution in [2.45, 2.75) is 31.1 Å². The highest BCUT2D eigenvalue weighted by Gasteiger charge is 2.23. The van der Waals surface area contributed by atoms with Crippen LogP contribution in [-0.2, 0) is 15.4 Å². The van der Waals surface area contributed by atoms with Crippen LogP contribution in [0.25, 0.3) is 0 Å². The van der Waals surface area contributed by atoms with Gasteiger partial charge in [0.2, 0.25) is 10.0 Å². The molecule has 0 aromatic heterocycles. The molecule has 0 spiro atoms. The molecule has 5 heteroatoms. The Hall–Kier alpha value is -0.940. The van der Waals surface area contributed by atoms with Gasteiger partial charge in [-0.15, -0.1) is 0 Å². The highest BCUT2D eigenvalue weighted by atomic mass is 32.2. The first-order valence-electron chi connectivity index (χ1n) is 4.46. The second-order valence-corrected chi connectivity index (χ2v) is 5.94. The molecule has 1 aromatic carbocycles. The van der Waals surface area contributed by atoms with E-state index in [-0.39, 0.29) is 0 Å². The van der Waals surface area contributed by atoms with Crippen LogP contribution in [0.4, 0.5) is 4.39 Å². The summed E-state index contributed by atoms with van der Waals surface area (Å²) in [6, 6.07) is 4.22. The molecule has 0 aliphatic rings. The molecule has 0 aliphatic carbocycles. The zero-order chi connectivity index (χ0) is 11.9. The Morgan fingerprint density at radius 2 is 1.80 bits per heavy atom. The third-order valence-electron chi connectivity index (χ3n) is 2.08. The smallest absolute Gasteiger partial charge is 0.225 e. The summed E-state index contributed by atoms with van der Waals surface area (Å²) in [6.07, 6.45) is 0. The average Bonchev–Trinajstić information content (AvgIpc) is 1.99. The van der Waals surface area contributed by atoms with Gasteiger partial charge in [-0.1, -0.05) is 32.9 Å². The molecule has 0 saturated heterocycles. The molecule has 0 heterocycles. The van der Waals surface area contributed by atoms with E-state index in [0.29, 0.717) is 5.56 Å². The molecule has 3 nitrogen and oxygen atoms in total. The Morgan fingerprint density at radius 3 is 2.20 bits per heavy atom. The second-order valence-electron chi connectivity index (χ2n) is 4.41. The average molecular weight is 231 g/mol. The van der Waals surface area contributed by atoms with E-state index in [1.54, 1.807) is 26.8 Å². The van der Waals surface area contributed by atoms with Crippen molar-refractivity contribution < 1.29 is 12.8 Å². The summed E-state index contributed by atoms with van der Waals surface area (Å²) in [5.41, 5.74) is -0.112. The maximum absolute atomic E-state index is 13.8. The molecule has 0 aliphatic heterocycles. The predicted octanol–water partition coefficient (Wildman–Crippen LogP) is 1.77. The number of sulfonamides is 1. The van der Waals surface area contributed by atoms with Crippen molar-refractivity contribution in [3.05, 3.63) is 29.6 Å². The van der Waals surface area contributed by atoms with E-state index in [4.69, 9.17) is 5.14 Å². The molecule has 0 unspecified atom stereocenters. The Labute approximate surface area is 89.2 Å². The summed E-state index contributed by atoms with van der Waals surface area (Å²) in [5.74, 6) is -0.757. The van der Waals surface area contributed by atoms with Crippen molar-refractivity contribution >= 4 is 10.0 Å². The molecule has 0 saturated carbocycles. The minimum absolute atomic E-state index is 0.342. The van der Waals surface area contributed by atoms with Gasteiger partial charge in [0.05, 0.1) is 0 Å². The van der Waals surface area contributed by atoms with Gasteiger partial charge in [-0.25, -0.2) is 17.9 Å². The second kappa shape index (κ2) is 3.57. The van der Waals surface area contributed by atoms with Gasteiger partial charge >= 0.3 is 0 Å². The molecule has 1 rings (SSSR count). The summed E-state index contributed by atoms with van der Waals surface area (Å²) < 4.78 is 35.9. The lowest BCUT2D eigenvalue weighted by Gasteiger charge is -2.20. The summed E-state index contributed by atoms with van der Waals surface area (Å²) in [4.78, 5) is -0.449. The predicted molar refractivity (Wildman–Crippen MR) is 56.5 cm³/mol. The normalized spacial score (nSPS) is 12.9. The fourth-order valence-corrected chi connectivity index (χ4v) is 1.94. The van der Waals surface area contributed by atoms with Crippen LogP contribution in [0.5, 0.6) is 0 Å². The molecular weight excluding hydrogens is 217 g/mol. The van der Waals surface area contributed by atoms with Crippen molar-refractivity contribution in [2.24, 2.45) is 5.14 Å². The lowest BCUT2D eigenvalue weighted by atomic mass is 9.87. The quantitative estimate of drug-likeness (QED) is 0.800. The van der Waals surface area contributed by atoms with E-state index >= 15 is 0 Å². The molecule has 84 valence electrons. The molecule has 2 N–H and O–H groups in total. The van der Waals surface area contributed by atoms with Gasteiger partial charge in [0.25, 0.3) is 0 Å². The van der Waals surface area contributed by atoms with Crippen LogP contribution in [0.1, 0.15) is 26.3 Å². The SMILES string of the molecule is CC(C)(C)c1cccc(S(N)(=O)=O)c1F. The van der Waals surface area contributed by atoms with E-state index in [9.17, 15) is 12.8 Å². The van der Waals surface area contributed by atoms with Gasteiger partial charge in [-0.2, -0.15) is 0 Å². The topological polar surface area (TPSA) is 60.2 Å². The zero-order valence-corrected chi connectivity index (χ0v) is 9.73. The highest BCUT2D eigenvalue weighted by molar-refractivity contribution is 7.89. The minimum atomic E-state index is -3.99. The maximum Gasteiger partial charge on any atom is 0.240 e. The zero-order valence-electron chi connectivity index (χ0n) is 8.91. The maximum atomic E-state index is 13.8. The first-order chi connectivity index (χ1) is 6.64. The number of hydrogen-bond acceptors (Lipinski definition) is 2. The Balaban J connectivity index is 3.51. The van der Waals surface area contributed by atoms with E-state index in [1.807, 2.05) is 0 Å². The summed E-state index contributed by atoms with van der Waals surface area (Å²) in [5, 5.41) is 4.90. The third-order valence-corrected chi connectivity index (χ3v) is 3.01. The fourth-order valence-electron chi connectivity index (χ4n) is 1.31. The highest BCUT2D eigenvalue weighted by Crippen LogP contribution is 2.27. The number of halogens is 1. The van der Waals surface area contributed by atoms with Crippen LogP contribution < -0.4 is 5.14 Å². The van der Waals surface area contributed by atoms with Gasteiger partial charge in [0.1, 0.15) is 10.7 Å². The minimum Gasteiger partial charge on any atom is -0.225 e. The van der Waals surface area contributed by atoms with Crippen molar-refractivity contribution in [3.8, 4) is 0 Å². The van der Waals surface area contributed by atoms with Gasteiger partial charge in [-0.05, 0) is 17.0 Å². The first kappa shape index (κ1) is 12.1. The van der Waals surface area contributed by atoms with Gasteiger partial charge in [0, 0.05) is 0 Å². The lowest BCUT2D eigenvalue weighted by Crippen LogP contribution is -2.19. The Morgan fingerprint density at radius 1 is 1.27 bits per heavy atom. The number of hydrogen-bond donors (Lipinski definition) is 1. The third kappa shape index (κ3) is 2.54. The van der Waals surface area contributed by atoms with Gasteiger partial charge < -0.3 is 0 Å². The summed E-state index contributed by atoms with van der Waals surface area (Å²) in [6.45, 7) is 5.41. The van der Waals surface area contributed by atoms with Gasteiger partial charge in [0.15, 0.2) is 0 Å². The van der Waals surface area contributed by atoms with Crippen LogP contribution in [0.2, 0.25) is 0 Å². The van der Waals surface area contributed by atoms with Crippen molar-refractivity contribution in [2.75, 3.05) is 0 Å². The Bertz CT molecular complexity index is 475. The number of primary sulfonamides is 1. The van der Waals surface area contributed by atoms with Crippen LogP contribution >= 0.6 is 0 Å². The van der Waals surface area contributed by atoms with Crippen molar-refractivity contribution in [3.63, 3.8) is 0 Å². The summed E-state index contributed by atoms with van der Waals surface area (Å²) in [7, 11) is -3.99. The van der Waals surface area contributed by atoms with Gasteiger partial charge in [-0.3, -0.25) is 0 Å². The molecule has 15 heavy (non-hydrogen) atoms. The Kier molecular flexibility index (Phi) is 2.89. The largest absolute Gasteiger partial charge is 0.240 e. The fraction of sp³-hybridized carbons (Fsp3) is 0.400.